The van der Waals surface area contributed by atoms with Crippen LogP contribution in [0.1, 0.15) is 36.8 Å². The molecule has 3 atom stereocenters. The van der Waals surface area contributed by atoms with Gasteiger partial charge in [0.25, 0.3) is 0 Å². The summed E-state index contributed by atoms with van der Waals surface area (Å²) in [5, 5.41) is 1.53. The largest absolute Gasteiger partial charge is 0.493 e. The second-order valence-electron chi connectivity index (χ2n) is 8.13. The molecular formula is C27H27NO4. The molecule has 5 heteroatoms. The fraction of sp³-hybridized carbons (Fsp3) is 0.370. The number of methoxy groups -OCH3 is 2. The van der Waals surface area contributed by atoms with Gasteiger partial charge in [0, 0.05) is 23.3 Å². The maximum absolute atomic E-state index is 13.0. The molecular weight excluding hydrogens is 402 g/mol. The minimum absolute atomic E-state index is 0.0173. The molecule has 1 saturated heterocycles. The Bertz CT molecular complexity index is 1110. The number of hydrogen-bond acceptors (Lipinski definition) is 4. The van der Waals surface area contributed by atoms with Crippen LogP contribution in [-0.2, 0) is 15.0 Å². The van der Waals surface area contributed by atoms with Gasteiger partial charge in [-0.3, -0.25) is 9.63 Å². The monoisotopic (exact) mass is 429 g/mol. The minimum atomic E-state index is -0.392. The van der Waals surface area contributed by atoms with E-state index in [0.717, 1.165) is 30.4 Å². The predicted octanol–water partition coefficient (Wildman–Crippen LogP) is 3.96. The first-order valence-electron chi connectivity index (χ1n) is 10.8. The van der Waals surface area contributed by atoms with E-state index in [-0.39, 0.29) is 17.9 Å². The Morgan fingerprint density at radius 2 is 1.78 bits per heavy atom. The van der Waals surface area contributed by atoms with Crippen molar-refractivity contribution in [3.8, 4) is 35.2 Å². The van der Waals surface area contributed by atoms with Crippen molar-refractivity contribution in [3.05, 3.63) is 59.7 Å². The van der Waals surface area contributed by atoms with Crippen LogP contribution >= 0.6 is 0 Å². The highest BCUT2D eigenvalue weighted by molar-refractivity contribution is 5.81. The van der Waals surface area contributed by atoms with Gasteiger partial charge in [-0.1, -0.05) is 42.5 Å². The molecule has 2 fully saturated rings. The molecule has 2 aromatic carbocycles. The molecule has 1 amide bonds. The fourth-order valence-electron chi connectivity index (χ4n) is 5.10. The summed E-state index contributed by atoms with van der Waals surface area (Å²) in [6.07, 6.45) is 3.13. The van der Waals surface area contributed by atoms with Crippen LogP contribution in [0.2, 0.25) is 0 Å². The summed E-state index contributed by atoms with van der Waals surface area (Å²) in [5.74, 6) is 13.7. The van der Waals surface area contributed by atoms with Crippen LogP contribution in [0, 0.1) is 29.6 Å². The standard InChI is InChI=1S/C27H27NO4/c1-30-23-16-15-22(18-24(23)31-2)27-17-9-14-21(26(27)28(32-3)25(29)19-27)13-8-7-12-20-10-5-4-6-11-20/h4-6,10-11,15-16,18,21,26H,9,14,17,19H2,1-3H3/t21-,26+,27+/m1/s1. The van der Waals surface area contributed by atoms with E-state index in [1.165, 1.54) is 5.06 Å². The zero-order valence-electron chi connectivity index (χ0n) is 18.7. The van der Waals surface area contributed by atoms with Crippen LogP contribution in [-0.4, -0.2) is 38.3 Å². The Balaban J connectivity index is 1.71. The van der Waals surface area contributed by atoms with Crippen LogP contribution < -0.4 is 9.47 Å². The van der Waals surface area contributed by atoms with Crippen molar-refractivity contribution in [2.75, 3.05) is 21.3 Å². The van der Waals surface area contributed by atoms with Crippen molar-refractivity contribution >= 4 is 5.91 Å². The van der Waals surface area contributed by atoms with Gasteiger partial charge in [0.15, 0.2) is 11.5 Å². The highest BCUT2D eigenvalue weighted by atomic mass is 16.7. The van der Waals surface area contributed by atoms with Gasteiger partial charge in [-0.15, -0.1) is 0 Å². The van der Waals surface area contributed by atoms with Crippen LogP contribution in [0.4, 0.5) is 0 Å². The maximum Gasteiger partial charge on any atom is 0.247 e. The van der Waals surface area contributed by atoms with E-state index in [0.29, 0.717) is 17.9 Å². The summed E-state index contributed by atoms with van der Waals surface area (Å²) < 4.78 is 10.9. The Morgan fingerprint density at radius 3 is 2.50 bits per heavy atom. The molecule has 1 heterocycles. The molecule has 5 nitrogen and oxygen atoms in total. The van der Waals surface area contributed by atoms with E-state index in [4.69, 9.17) is 14.3 Å². The molecule has 1 saturated carbocycles. The quantitative estimate of drug-likeness (QED) is 0.691. The fourth-order valence-corrected chi connectivity index (χ4v) is 5.10. The molecule has 2 aromatic rings. The van der Waals surface area contributed by atoms with Gasteiger partial charge in [0.2, 0.25) is 5.91 Å². The third-order valence-corrected chi connectivity index (χ3v) is 6.51. The summed E-state index contributed by atoms with van der Waals surface area (Å²) in [5.41, 5.74) is 1.59. The second-order valence-corrected chi connectivity index (χ2v) is 8.13. The zero-order chi connectivity index (χ0) is 22.6. The Labute approximate surface area is 189 Å². The van der Waals surface area contributed by atoms with E-state index in [1.807, 2.05) is 48.5 Å². The third kappa shape index (κ3) is 3.93. The van der Waals surface area contributed by atoms with Gasteiger partial charge in [-0.25, -0.2) is 5.06 Å². The van der Waals surface area contributed by atoms with Gasteiger partial charge >= 0.3 is 0 Å². The molecule has 0 radical (unpaired) electrons. The number of ether oxygens (including phenoxy) is 2. The van der Waals surface area contributed by atoms with Crippen molar-refractivity contribution in [3.63, 3.8) is 0 Å². The molecule has 32 heavy (non-hydrogen) atoms. The zero-order valence-corrected chi connectivity index (χ0v) is 18.7. The minimum Gasteiger partial charge on any atom is -0.493 e. The van der Waals surface area contributed by atoms with Crippen molar-refractivity contribution < 1.29 is 19.1 Å². The topological polar surface area (TPSA) is 48.0 Å². The van der Waals surface area contributed by atoms with Crippen molar-refractivity contribution in [2.45, 2.75) is 37.1 Å². The van der Waals surface area contributed by atoms with Crippen LogP contribution in [0.25, 0.3) is 0 Å². The third-order valence-electron chi connectivity index (χ3n) is 6.51. The highest BCUT2D eigenvalue weighted by Crippen LogP contribution is 2.52. The number of fused-ring (bicyclic) bond motifs is 1. The predicted molar refractivity (Wildman–Crippen MR) is 122 cm³/mol. The Morgan fingerprint density at radius 1 is 1.00 bits per heavy atom. The molecule has 1 aliphatic carbocycles. The van der Waals surface area contributed by atoms with E-state index in [2.05, 4.69) is 23.7 Å². The first kappa shape index (κ1) is 21.8. The van der Waals surface area contributed by atoms with Gasteiger partial charge in [0.05, 0.1) is 27.4 Å². The van der Waals surface area contributed by atoms with E-state index in [9.17, 15) is 4.79 Å². The number of amides is 1. The summed E-state index contributed by atoms with van der Waals surface area (Å²) in [6, 6.07) is 15.5. The Kier molecular flexibility index (Phi) is 6.40. The van der Waals surface area contributed by atoms with E-state index in [1.54, 1.807) is 21.3 Å². The molecule has 2 aliphatic rings. The second kappa shape index (κ2) is 9.39. The Hall–Kier alpha value is -3.41. The summed E-state index contributed by atoms with van der Waals surface area (Å²) in [6.45, 7) is 0. The van der Waals surface area contributed by atoms with Crippen molar-refractivity contribution in [1.29, 1.82) is 0 Å². The van der Waals surface area contributed by atoms with Gasteiger partial charge < -0.3 is 9.47 Å². The molecule has 0 unspecified atom stereocenters. The van der Waals surface area contributed by atoms with Gasteiger partial charge in [-0.2, -0.15) is 0 Å². The normalized spacial score (nSPS) is 24.0. The first-order valence-corrected chi connectivity index (χ1v) is 10.8. The number of benzene rings is 2. The number of hydrogen-bond donors (Lipinski definition) is 0. The molecule has 164 valence electrons. The number of carbonyl (C=O) groups excluding carboxylic acids is 1. The van der Waals surface area contributed by atoms with Crippen LogP contribution in [0.5, 0.6) is 11.5 Å². The summed E-state index contributed by atoms with van der Waals surface area (Å²) >= 11 is 0. The average Bonchev–Trinajstić information content (AvgIpc) is 3.14. The lowest BCUT2D eigenvalue weighted by molar-refractivity contribution is -0.184. The van der Waals surface area contributed by atoms with Gasteiger partial charge in [0.1, 0.15) is 0 Å². The molecule has 4 rings (SSSR count). The van der Waals surface area contributed by atoms with E-state index >= 15 is 0 Å². The van der Waals surface area contributed by atoms with Crippen LogP contribution in [0.3, 0.4) is 0 Å². The number of carbonyl (C=O) groups is 1. The molecule has 0 N–H and O–H groups in total. The molecule has 0 bridgehead atoms. The molecule has 1 aliphatic heterocycles. The summed E-state index contributed by atoms with van der Waals surface area (Å²) in [4.78, 5) is 18.5. The lowest BCUT2D eigenvalue weighted by atomic mass is 9.62. The molecule has 0 spiro atoms. The van der Waals surface area contributed by atoms with Gasteiger partial charge in [-0.05, 0) is 54.5 Å². The lowest BCUT2D eigenvalue weighted by Crippen LogP contribution is -2.50. The lowest BCUT2D eigenvalue weighted by Gasteiger charge is -2.43. The molecule has 0 aromatic heterocycles. The average molecular weight is 430 g/mol. The van der Waals surface area contributed by atoms with Crippen molar-refractivity contribution in [1.82, 2.24) is 5.06 Å². The van der Waals surface area contributed by atoms with E-state index < -0.39 is 5.41 Å². The number of hydroxylamine groups is 2. The van der Waals surface area contributed by atoms with Crippen LogP contribution in [0.15, 0.2) is 48.5 Å². The maximum atomic E-state index is 13.0. The number of nitrogens with zero attached hydrogens (tertiary/aromatic N) is 1. The highest BCUT2D eigenvalue weighted by Gasteiger charge is 2.57. The first-order chi connectivity index (χ1) is 15.6. The SMILES string of the molecule is COc1ccc([C@@]23CCC[C@@H](C#CC#Cc4ccccc4)[C@@H]2N(OC)C(=O)C3)cc1OC. The summed E-state index contributed by atoms with van der Waals surface area (Å²) in [7, 11) is 4.79. The number of rotatable bonds is 4. The van der Waals surface area contributed by atoms with Crippen molar-refractivity contribution in [2.24, 2.45) is 5.92 Å². The smallest absolute Gasteiger partial charge is 0.247 e.